The van der Waals surface area contributed by atoms with E-state index in [1.54, 1.807) is 11.3 Å². The molecule has 0 aliphatic heterocycles. The highest BCUT2D eigenvalue weighted by atomic mass is 32.1. The van der Waals surface area contributed by atoms with Gasteiger partial charge in [-0.15, -0.1) is 11.3 Å². The Morgan fingerprint density at radius 1 is 1.25 bits per heavy atom. The second-order valence-corrected chi connectivity index (χ2v) is 6.01. The Kier molecular flexibility index (Phi) is 5.01. The zero-order valence-electron chi connectivity index (χ0n) is 12.3. The van der Waals surface area contributed by atoms with E-state index in [1.165, 1.54) is 10.1 Å². The molecule has 0 saturated heterocycles. The SMILES string of the molecule is CCC(CC)NC(=O)C(C)Nc1ccc2sccc2c1. The average Bonchev–Trinajstić information content (AvgIpc) is 2.91. The molecule has 0 bridgehead atoms. The molecule has 4 heteroatoms. The standard InChI is InChI=1S/C16H22N2OS/c1-4-13(5-2)18-16(19)11(3)17-14-6-7-15-12(10-14)8-9-20-15/h6-11,13,17H,4-5H2,1-3H3,(H,18,19). The van der Waals surface area contributed by atoms with E-state index >= 15 is 0 Å². The summed E-state index contributed by atoms with van der Waals surface area (Å²) in [6.07, 6.45) is 1.94. The fourth-order valence-electron chi connectivity index (χ4n) is 2.19. The molecule has 0 spiro atoms. The second kappa shape index (κ2) is 6.75. The molecule has 2 N–H and O–H groups in total. The Labute approximate surface area is 124 Å². The van der Waals surface area contributed by atoms with Crippen molar-refractivity contribution in [2.24, 2.45) is 0 Å². The molecule has 1 aromatic heterocycles. The summed E-state index contributed by atoms with van der Waals surface area (Å²) < 4.78 is 1.27. The molecule has 0 radical (unpaired) electrons. The number of anilines is 1. The van der Waals surface area contributed by atoms with Gasteiger partial charge in [-0.05, 0) is 54.8 Å². The highest BCUT2D eigenvalue weighted by Crippen LogP contribution is 2.24. The van der Waals surface area contributed by atoms with Gasteiger partial charge in [0.1, 0.15) is 6.04 Å². The normalized spacial score (nSPS) is 12.6. The molecule has 1 heterocycles. The summed E-state index contributed by atoms with van der Waals surface area (Å²) in [7, 11) is 0. The second-order valence-electron chi connectivity index (χ2n) is 5.06. The van der Waals surface area contributed by atoms with Crippen LogP contribution in [0.3, 0.4) is 0 Å². The van der Waals surface area contributed by atoms with Crippen molar-refractivity contribution < 1.29 is 4.79 Å². The molecular weight excluding hydrogens is 268 g/mol. The van der Waals surface area contributed by atoms with E-state index in [1.807, 2.05) is 13.0 Å². The summed E-state index contributed by atoms with van der Waals surface area (Å²) in [6, 6.07) is 8.35. The number of hydrogen-bond donors (Lipinski definition) is 2. The van der Waals surface area contributed by atoms with Gasteiger partial charge < -0.3 is 10.6 Å². The van der Waals surface area contributed by atoms with E-state index in [2.05, 4.69) is 48.1 Å². The van der Waals surface area contributed by atoms with Crippen molar-refractivity contribution in [3.63, 3.8) is 0 Å². The van der Waals surface area contributed by atoms with Crippen LogP contribution in [0.5, 0.6) is 0 Å². The molecular formula is C16H22N2OS. The summed E-state index contributed by atoms with van der Waals surface area (Å²) in [5.41, 5.74) is 0.989. The highest BCUT2D eigenvalue weighted by molar-refractivity contribution is 7.17. The van der Waals surface area contributed by atoms with Crippen molar-refractivity contribution in [2.45, 2.75) is 45.7 Å². The summed E-state index contributed by atoms with van der Waals surface area (Å²) in [5.74, 6) is 0.0594. The lowest BCUT2D eigenvalue weighted by molar-refractivity contribution is -0.122. The van der Waals surface area contributed by atoms with Crippen LogP contribution in [0.4, 0.5) is 5.69 Å². The van der Waals surface area contributed by atoms with Crippen LogP contribution in [0.15, 0.2) is 29.6 Å². The van der Waals surface area contributed by atoms with Crippen molar-refractivity contribution in [3.05, 3.63) is 29.6 Å². The van der Waals surface area contributed by atoms with Crippen LogP contribution in [0, 0.1) is 0 Å². The van der Waals surface area contributed by atoms with Crippen LogP contribution in [0.2, 0.25) is 0 Å². The van der Waals surface area contributed by atoms with Gasteiger partial charge in [0.15, 0.2) is 0 Å². The number of carbonyl (C=O) groups is 1. The maximum Gasteiger partial charge on any atom is 0.242 e. The Morgan fingerprint density at radius 2 is 2.00 bits per heavy atom. The minimum absolute atomic E-state index is 0.0594. The van der Waals surface area contributed by atoms with E-state index in [9.17, 15) is 4.79 Å². The summed E-state index contributed by atoms with van der Waals surface area (Å²) in [4.78, 5) is 12.1. The first-order valence-corrected chi connectivity index (χ1v) is 8.06. The molecule has 1 atom stereocenters. The first-order valence-electron chi connectivity index (χ1n) is 7.18. The fourth-order valence-corrected chi connectivity index (χ4v) is 2.96. The smallest absolute Gasteiger partial charge is 0.242 e. The third-order valence-electron chi connectivity index (χ3n) is 3.56. The van der Waals surface area contributed by atoms with E-state index in [0.717, 1.165) is 18.5 Å². The van der Waals surface area contributed by atoms with Crippen LogP contribution in [0.25, 0.3) is 10.1 Å². The van der Waals surface area contributed by atoms with Crippen LogP contribution >= 0.6 is 11.3 Å². The molecule has 1 unspecified atom stereocenters. The topological polar surface area (TPSA) is 41.1 Å². The highest BCUT2D eigenvalue weighted by Gasteiger charge is 2.15. The minimum Gasteiger partial charge on any atom is -0.374 e. The summed E-state index contributed by atoms with van der Waals surface area (Å²) in [6.45, 7) is 6.09. The van der Waals surface area contributed by atoms with Gasteiger partial charge in [0.2, 0.25) is 5.91 Å². The number of benzene rings is 1. The van der Waals surface area contributed by atoms with E-state index in [-0.39, 0.29) is 18.0 Å². The minimum atomic E-state index is -0.230. The number of rotatable bonds is 6. The van der Waals surface area contributed by atoms with Gasteiger partial charge in [0.05, 0.1) is 0 Å². The lowest BCUT2D eigenvalue weighted by atomic mass is 10.1. The summed E-state index contributed by atoms with van der Waals surface area (Å²) >= 11 is 1.73. The molecule has 2 aromatic rings. The van der Waals surface area contributed by atoms with E-state index in [4.69, 9.17) is 0 Å². The van der Waals surface area contributed by atoms with Gasteiger partial charge in [-0.2, -0.15) is 0 Å². The van der Waals surface area contributed by atoms with Crippen molar-refractivity contribution >= 4 is 33.0 Å². The molecule has 0 aliphatic carbocycles. The first-order chi connectivity index (χ1) is 9.63. The summed E-state index contributed by atoms with van der Waals surface area (Å²) in [5, 5.41) is 9.64. The monoisotopic (exact) mass is 290 g/mol. The van der Waals surface area contributed by atoms with Crippen LogP contribution in [-0.2, 0) is 4.79 Å². The number of carbonyl (C=O) groups excluding carboxylic acids is 1. The number of thiophene rings is 1. The molecule has 3 nitrogen and oxygen atoms in total. The Morgan fingerprint density at radius 3 is 2.70 bits per heavy atom. The third-order valence-corrected chi connectivity index (χ3v) is 4.46. The van der Waals surface area contributed by atoms with Crippen LogP contribution in [0.1, 0.15) is 33.6 Å². The molecule has 0 saturated carbocycles. The van der Waals surface area contributed by atoms with Gasteiger partial charge in [-0.3, -0.25) is 4.79 Å². The Balaban J connectivity index is 1.99. The number of amides is 1. The van der Waals surface area contributed by atoms with Gasteiger partial charge in [-0.1, -0.05) is 13.8 Å². The van der Waals surface area contributed by atoms with Crippen LogP contribution < -0.4 is 10.6 Å². The Bertz CT molecular complexity index is 575. The number of hydrogen-bond acceptors (Lipinski definition) is 3. The fraction of sp³-hybridized carbons (Fsp3) is 0.438. The third kappa shape index (κ3) is 3.51. The quantitative estimate of drug-likeness (QED) is 0.844. The largest absolute Gasteiger partial charge is 0.374 e. The lowest BCUT2D eigenvalue weighted by Gasteiger charge is -2.20. The van der Waals surface area contributed by atoms with Crippen molar-refractivity contribution in [2.75, 3.05) is 5.32 Å². The van der Waals surface area contributed by atoms with Crippen LogP contribution in [-0.4, -0.2) is 18.0 Å². The zero-order valence-corrected chi connectivity index (χ0v) is 13.1. The molecule has 0 fully saturated rings. The van der Waals surface area contributed by atoms with Gasteiger partial charge in [0.25, 0.3) is 0 Å². The molecule has 0 aliphatic rings. The number of fused-ring (bicyclic) bond motifs is 1. The lowest BCUT2D eigenvalue weighted by Crippen LogP contribution is -2.42. The first kappa shape index (κ1) is 14.9. The molecule has 2 rings (SSSR count). The predicted octanol–water partition coefficient (Wildman–Crippen LogP) is 4.01. The average molecular weight is 290 g/mol. The van der Waals surface area contributed by atoms with Gasteiger partial charge >= 0.3 is 0 Å². The predicted molar refractivity (Wildman–Crippen MR) is 87.4 cm³/mol. The van der Waals surface area contributed by atoms with E-state index < -0.39 is 0 Å². The number of nitrogens with one attached hydrogen (secondary N) is 2. The van der Waals surface area contributed by atoms with E-state index in [0.29, 0.717) is 0 Å². The van der Waals surface area contributed by atoms with Gasteiger partial charge in [-0.25, -0.2) is 0 Å². The molecule has 108 valence electrons. The van der Waals surface area contributed by atoms with Crippen molar-refractivity contribution in [1.82, 2.24) is 5.32 Å². The van der Waals surface area contributed by atoms with Crippen molar-refractivity contribution in [1.29, 1.82) is 0 Å². The molecule has 20 heavy (non-hydrogen) atoms. The van der Waals surface area contributed by atoms with Crippen molar-refractivity contribution in [3.8, 4) is 0 Å². The molecule has 1 aromatic carbocycles. The maximum atomic E-state index is 12.1. The van der Waals surface area contributed by atoms with Gasteiger partial charge in [0, 0.05) is 16.4 Å². The Hall–Kier alpha value is -1.55. The maximum absolute atomic E-state index is 12.1. The molecule has 1 amide bonds. The zero-order chi connectivity index (χ0) is 14.5.